The molecule has 1 nitrogen and oxygen atoms in total. The zero-order chi connectivity index (χ0) is 53.6. The average molecular weight is 1100 g/mol. The minimum Gasteiger partial charge on any atom is -0.199 e. The van der Waals surface area contributed by atoms with Crippen LogP contribution in [0.2, 0.25) is 0 Å². The van der Waals surface area contributed by atoms with Gasteiger partial charge in [-0.25, -0.2) is 0 Å². The van der Waals surface area contributed by atoms with Gasteiger partial charge in [-0.3, -0.25) is 0 Å². The Morgan fingerprint density at radius 2 is 0.241 bits per heavy atom. The second-order valence-corrected chi connectivity index (χ2v) is 19.7. The van der Waals surface area contributed by atoms with E-state index in [9.17, 15) is 0 Å². The summed E-state index contributed by atoms with van der Waals surface area (Å²) in [6.45, 7) is 1.43. The van der Waals surface area contributed by atoms with Crippen LogP contribution in [0.25, 0.3) is 0 Å². The van der Waals surface area contributed by atoms with Gasteiger partial charge in [0.25, 0.3) is 0 Å². The minimum absolute atomic E-state index is 0. The van der Waals surface area contributed by atoms with E-state index in [0.717, 1.165) is 0 Å². The number of nitrogens with zero attached hydrogens (tertiary/aromatic N) is 1. The summed E-state index contributed by atoms with van der Waals surface area (Å²) in [6, 6.07) is 132. The number of rotatable bonds is 12. The van der Waals surface area contributed by atoms with Gasteiger partial charge in [-0.2, -0.15) is 70.8 Å². The molecule has 0 heterocycles. The van der Waals surface area contributed by atoms with Crippen LogP contribution in [0.4, 0.5) is 0 Å². The van der Waals surface area contributed by atoms with Crippen LogP contribution in [0, 0.1) is 11.3 Å². The van der Waals surface area contributed by atoms with Gasteiger partial charge < -0.3 is 0 Å². The fourth-order valence-corrected chi connectivity index (χ4v) is 12.4. The third-order valence-corrected chi connectivity index (χ3v) is 15.6. The summed E-state index contributed by atoms with van der Waals surface area (Å²) in [4.78, 5) is 0. The molecule has 1 radical (unpaired) electrons. The molecular weight excluding hydrogens is 1040 g/mol. The van der Waals surface area contributed by atoms with E-state index in [1.165, 1.54) is 72.5 Å². The first-order valence-electron chi connectivity index (χ1n) is 27.1. The molecule has 12 rings (SSSR count). The van der Waals surface area contributed by atoms with Crippen molar-refractivity contribution in [3.8, 4) is 6.07 Å². The summed E-state index contributed by atoms with van der Waals surface area (Å²) >= 11 is 0. The van der Waals surface area contributed by atoms with Gasteiger partial charge in [0, 0.05) is 6.92 Å². The molecule has 0 aliphatic carbocycles. The van der Waals surface area contributed by atoms with Crippen molar-refractivity contribution in [2.24, 2.45) is 0 Å². The topological polar surface area (TPSA) is 23.8 Å². The zero-order valence-corrected chi connectivity index (χ0v) is 46.4. The number of benzene rings is 12. The van der Waals surface area contributed by atoms with Crippen LogP contribution in [0.3, 0.4) is 0 Å². The molecule has 0 unspecified atom stereocenters. The minimum atomic E-state index is -1.22. The van der Waals surface area contributed by atoms with Crippen molar-refractivity contribution in [2.45, 2.75) is 6.92 Å². The van der Waals surface area contributed by atoms with E-state index in [-0.39, 0.29) is 19.5 Å². The summed E-state index contributed by atoms with van der Waals surface area (Å²) in [5.74, 6) is 0. The van der Waals surface area contributed by atoms with Crippen molar-refractivity contribution in [1.29, 1.82) is 5.26 Å². The average Bonchev–Trinajstić information content (AvgIpc) is 3.63. The van der Waals surface area contributed by atoms with Crippen LogP contribution in [0.1, 0.15) is 6.92 Å². The number of nitriles is 1. The van der Waals surface area contributed by atoms with Gasteiger partial charge in [-0.15, -0.1) is 0 Å². The van der Waals surface area contributed by atoms with Crippen LogP contribution in [-0.4, -0.2) is 18.4 Å². The molecule has 12 aromatic carbocycles. The molecule has 0 fully saturated rings. The fourth-order valence-electron chi connectivity index (χ4n) is 12.4. The maximum Gasteiger partial charge on any atom is 3.00 e. The first-order chi connectivity index (χ1) is 38.7. The largest absolute Gasteiger partial charge is 3.00 e. The first-order valence-corrected chi connectivity index (χ1v) is 27.1. The standard InChI is InChI=1S/3C24H20B.C2H3N.Ru/c3*1-5-13-21(14-6-1)25(22-15-7-2-8-16-22,23-17-9-3-10-18-23)24-19-11-4-12-20-24;1-2-3;/h3*1-20H;1H3;/q3*-1;;+3. The van der Waals surface area contributed by atoms with Gasteiger partial charge in [-0.1, -0.05) is 364 Å². The molecule has 0 aliphatic heterocycles. The molecule has 0 N–H and O–H groups in total. The van der Waals surface area contributed by atoms with Gasteiger partial charge in [0.15, 0.2) is 0 Å². The van der Waals surface area contributed by atoms with Crippen LogP contribution >= 0.6 is 0 Å². The van der Waals surface area contributed by atoms with Crippen molar-refractivity contribution < 1.29 is 19.5 Å². The molecule has 0 aromatic heterocycles. The molecule has 12 aromatic rings. The maximum atomic E-state index is 7.32. The van der Waals surface area contributed by atoms with Gasteiger partial charge >= 0.3 is 19.5 Å². The molecule has 5 heteroatoms. The number of hydrogen-bond acceptors (Lipinski definition) is 1. The predicted molar refractivity (Wildman–Crippen MR) is 341 cm³/mol. The van der Waals surface area contributed by atoms with Gasteiger partial charge in [0.2, 0.25) is 0 Å². The van der Waals surface area contributed by atoms with E-state index in [0.29, 0.717) is 0 Å². The summed E-state index contributed by atoms with van der Waals surface area (Å²) in [6.07, 6.45) is -3.65. The summed E-state index contributed by atoms with van der Waals surface area (Å²) in [5.41, 5.74) is 16.1. The maximum absolute atomic E-state index is 7.32. The second kappa shape index (κ2) is 28.4. The smallest absolute Gasteiger partial charge is 0.199 e. The molecule has 381 valence electrons. The predicted octanol–water partition coefficient (Wildman–Crippen LogP) is 9.72. The van der Waals surface area contributed by atoms with Crippen molar-refractivity contribution >= 4 is 84.0 Å². The molecule has 0 aliphatic rings. The zero-order valence-electron chi connectivity index (χ0n) is 44.7. The molecule has 0 amide bonds. The van der Waals surface area contributed by atoms with Crippen LogP contribution in [-0.2, 0) is 19.5 Å². The second-order valence-electron chi connectivity index (χ2n) is 19.7. The SMILES string of the molecule is CC#N.[Ru+3].c1ccc([B-](c2ccccc2)(c2ccccc2)c2ccccc2)cc1.c1ccc([B-](c2ccccc2)(c2ccccc2)c2ccccc2)cc1.c1ccc([B-](c2ccccc2)(c2ccccc2)c2ccccc2)cc1. The Hall–Kier alpha value is -9.05. The molecule has 0 saturated carbocycles. The van der Waals surface area contributed by atoms with Gasteiger partial charge in [0.05, 0.1) is 6.07 Å². The Balaban J connectivity index is 0.000000151. The Bertz CT molecular complexity index is 2760. The molecule has 0 saturated heterocycles. The first kappa shape index (κ1) is 56.2. The van der Waals surface area contributed by atoms with Crippen molar-refractivity contribution in [1.82, 2.24) is 0 Å². The van der Waals surface area contributed by atoms with Crippen LogP contribution in [0.5, 0.6) is 0 Å². The van der Waals surface area contributed by atoms with Gasteiger partial charge in [-0.05, 0) is 0 Å². The summed E-state index contributed by atoms with van der Waals surface area (Å²) in [7, 11) is 0. The Labute approximate surface area is 482 Å². The van der Waals surface area contributed by atoms with E-state index >= 15 is 0 Å². The molecule has 0 atom stereocenters. The Morgan fingerprint density at radius 1 is 0.177 bits per heavy atom. The van der Waals surface area contributed by atoms with Crippen LogP contribution < -0.4 is 65.6 Å². The fraction of sp³-hybridized carbons (Fsp3) is 0.0135. The summed E-state index contributed by atoms with van der Waals surface area (Å²) in [5, 5.41) is 7.32. The van der Waals surface area contributed by atoms with E-state index in [4.69, 9.17) is 5.26 Å². The third kappa shape index (κ3) is 12.2. The van der Waals surface area contributed by atoms with E-state index < -0.39 is 18.4 Å². The van der Waals surface area contributed by atoms with Crippen molar-refractivity contribution in [3.05, 3.63) is 364 Å². The summed E-state index contributed by atoms with van der Waals surface area (Å²) < 4.78 is 0. The third-order valence-electron chi connectivity index (χ3n) is 15.6. The quantitative estimate of drug-likeness (QED) is 0.112. The monoisotopic (exact) mass is 1100 g/mol. The van der Waals surface area contributed by atoms with Crippen molar-refractivity contribution in [3.63, 3.8) is 0 Å². The molecule has 79 heavy (non-hydrogen) atoms. The Morgan fingerprint density at radius 3 is 0.304 bits per heavy atom. The van der Waals surface area contributed by atoms with Crippen molar-refractivity contribution in [2.75, 3.05) is 0 Å². The van der Waals surface area contributed by atoms with Gasteiger partial charge in [0.1, 0.15) is 18.4 Å². The number of hydrogen-bond donors (Lipinski definition) is 0. The van der Waals surface area contributed by atoms with E-state index in [1.54, 1.807) is 6.07 Å². The molecule has 0 spiro atoms. The normalized spacial score (nSPS) is 10.7. The van der Waals surface area contributed by atoms with E-state index in [1.807, 2.05) is 0 Å². The van der Waals surface area contributed by atoms with Crippen LogP contribution in [0.15, 0.2) is 364 Å². The van der Waals surface area contributed by atoms with E-state index in [2.05, 4.69) is 364 Å². The Kier molecular flexibility index (Phi) is 20.2. The molecular formula is C74H63B3NRu. The molecule has 0 bridgehead atoms.